The third-order valence-electron chi connectivity index (χ3n) is 14.1. The fourth-order valence-electron chi connectivity index (χ4n) is 11.3. The predicted molar refractivity (Wildman–Crippen MR) is 183 cm³/mol. The van der Waals surface area contributed by atoms with Crippen LogP contribution in [0.25, 0.3) is 0 Å². The molecule has 2 N–H and O–H groups in total. The molecule has 0 radical (unpaired) electrons. The summed E-state index contributed by atoms with van der Waals surface area (Å²) in [6, 6.07) is 0. The predicted octanol–water partition coefficient (Wildman–Crippen LogP) is 4.09. The van der Waals surface area contributed by atoms with Crippen molar-refractivity contribution in [2.45, 2.75) is 195 Å². The number of hydrogen-bond acceptors (Lipinski definition) is 11. The van der Waals surface area contributed by atoms with E-state index in [-0.39, 0.29) is 110 Å². The van der Waals surface area contributed by atoms with Crippen molar-refractivity contribution in [2.75, 3.05) is 6.61 Å². The molecule has 0 saturated carbocycles. The third-order valence-corrected chi connectivity index (χ3v) is 14.1. The van der Waals surface area contributed by atoms with Crippen molar-refractivity contribution in [3.8, 4) is 0 Å². The van der Waals surface area contributed by atoms with Crippen LogP contribution in [-0.2, 0) is 42.7 Å². The molecule has 51 heavy (non-hydrogen) atoms. The maximum atomic E-state index is 14.0. The minimum atomic E-state index is -0.872. The van der Waals surface area contributed by atoms with Gasteiger partial charge in [-0.05, 0) is 73.8 Å². The smallest absolute Gasteiger partial charge is 0.172 e. The molecular weight excluding hydrogens is 656 g/mol. The molecule has 10 aliphatic heterocycles. The highest BCUT2D eigenvalue weighted by Crippen LogP contribution is 2.54. The zero-order valence-corrected chi connectivity index (χ0v) is 30.3. The summed E-state index contributed by atoms with van der Waals surface area (Å²) in [4.78, 5) is 14.0. The Labute approximate surface area is 301 Å². The largest absolute Gasteiger partial charge is 0.394 e. The van der Waals surface area contributed by atoms with Gasteiger partial charge in [-0.3, -0.25) is 4.79 Å². The average Bonchev–Trinajstić information content (AvgIpc) is 3.77. The summed E-state index contributed by atoms with van der Waals surface area (Å²) in [6.07, 6.45) is 5.65. The number of aliphatic hydroxyl groups is 2. The lowest BCUT2D eigenvalue weighted by molar-refractivity contribution is -0.292. The Balaban J connectivity index is 0.986. The van der Waals surface area contributed by atoms with Crippen molar-refractivity contribution in [3.63, 3.8) is 0 Å². The molecule has 0 aromatic rings. The van der Waals surface area contributed by atoms with Gasteiger partial charge in [-0.1, -0.05) is 27.0 Å². The van der Waals surface area contributed by atoms with E-state index < -0.39 is 11.9 Å². The molecular formula is C40H58O11. The van der Waals surface area contributed by atoms with Gasteiger partial charge in [0.1, 0.15) is 36.3 Å². The van der Waals surface area contributed by atoms with Crippen LogP contribution < -0.4 is 0 Å². The molecule has 10 saturated heterocycles. The second-order valence-corrected chi connectivity index (χ2v) is 17.5. The molecule has 6 unspecified atom stereocenters. The topological polar surface area (TPSA) is 131 Å². The van der Waals surface area contributed by atoms with E-state index in [1.54, 1.807) is 0 Å². The molecule has 10 fully saturated rings. The molecule has 10 aliphatic rings. The number of rotatable bonds is 3. The summed E-state index contributed by atoms with van der Waals surface area (Å²) in [5.74, 6) is -0.367. The summed E-state index contributed by atoms with van der Waals surface area (Å²) in [6.45, 7) is 12.9. The van der Waals surface area contributed by atoms with Crippen LogP contribution in [0, 0.1) is 17.8 Å². The lowest BCUT2D eigenvalue weighted by Crippen LogP contribution is -2.61. The van der Waals surface area contributed by atoms with Crippen LogP contribution in [0.5, 0.6) is 0 Å². The molecule has 0 aliphatic carbocycles. The van der Waals surface area contributed by atoms with E-state index in [0.717, 1.165) is 56.1 Å². The molecule has 10 rings (SSSR count). The third kappa shape index (κ3) is 6.53. The Morgan fingerprint density at radius 3 is 2.33 bits per heavy atom. The molecule has 10 heterocycles. The number of fused-ring (bicyclic) bond motifs is 6. The summed E-state index contributed by atoms with van der Waals surface area (Å²) < 4.78 is 53.9. The van der Waals surface area contributed by atoms with Crippen molar-refractivity contribution in [1.29, 1.82) is 0 Å². The van der Waals surface area contributed by atoms with Crippen LogP contribution >= 0.6 is 0 Å². The molecule has 19 atom stereocenters. The minimum Gasteiger partial charge on any atom is -0.394 e. The van der Waals surface area contributed by atoms with Crippen molar-refractivity contribution in [3.05, 3.63) is 24.3 Å². The molecule has 12 bridgehead atoms. The van der Waals surface area contributed by atoms with Gasteiger partial charge < -0.3 is 48.1 Å². The summed E-state index contributed by atoms with van der Waals surface area (Å²) in [5, 5.41) is 20.0. The first-order chi connectivity index (χ1) is 24.6. The monoisotopic (exact) mass is 714 g/mol. The zero-order valence-electron chi connectivity index (χ0n) is 30.3. The normalized spacial score (nSPS) is 53.2. The minimum absolute atomic E-state index is 0.00894. The number of ether oxygens (including phenoxy) is 8. The molecule has 0 aromatic heterocycles. The van der Waals surface area contributed by atoms with E-state index in [1.165, 1.54) is 0 Å². The van der Waals surface area contributed by atoms with Crippen LogP contribution in [-0.4, -0.2) is 120 Å². The molecule has 11 nitrogen and oxygen atoms in total. The number of hydrogen-bond donors (Lipinski definition) is 2. The maximum absolute atomic E-state index is 14.0. The van der Waals surface area contributed by atoms with E-state index in [2.05, 4.69) is 27.0 Å². The van der Waals surface area contributed by atoms with E-state index in [9.17, 15) is 15.0 Å². The standard InChI is InChI=1S/C40H58O11/c1-19-11-25-5-7-29-20(2)12-27(44-29)9-10-40-17-34-36(50-40)37-38(49-34)39(51-40)35-30(48-37)8-6-26(46-35)13-23(42)14-28-22(4)31(15-24(43)18-41)47-33(28)16-32(45-25)21(19)3/h19,22,24-39,41,43H,2-3,5-18H2,1,4H3/t19-,22-,24+,25+,26?,27+,28-,29?,30?,31-,32?,33+,34+,35?,36?,37+,38-,39+,40+/m1/s1. The first-order valence-corrected chi connectivity index (χ1v) is 20.0. The lowest BCUT2D eigenvalue weighted by Gasteiger charge is -2.47. The van der Waals surface area contributed by atoms with Gasteiger partial charge in [0.25, 0.3) is 0 Å². The van der Waals surface area contributed by atoms with Crippen molar-refractivity contribution in [1.82, 2.24) is 0 Å². The molecule has 1 spiro atoms. The molecule has 284 valence electrons. The Kier molecular flexibility index (Phi) is 9.59. The van der Waals surface area contributed by atoms with Gasteiger partial charge in [-0.15, -0.1) is 0 Å². The van der Waals surface area contributed by atoms with E-state index in [1.807, 2.05) is 0 Å². The Bertz CT molecular complexity index is 1360. The van der Waals surface area contributed by atoms with Crippen LogP contribution in [0.15, 0.2) is 24.3 Å². The van der Waals surface area contributed by atoms with Crippen molar-refractivity contribution >= 4 is 5.78 Å². The maximum Gasteiger partial charge on any atom is 0.172 e. The first kappa shape index (κ1) is 35.5. The van der Waals surface area contributed by atoms with Gasteiger partial charge in [0.2, 0.25) is 0 Å². The van der Waals surface area contributed by atoms with E-state index >= 15 is 0 Å². The second kappa shape index (κ2) is 13.8. The summed E-state index contributed by atoms with van der Waals surface area (Å²) in [5.41, 5.74) is 2.22. The van der Waals surface area contributed by atoms with Gasteiger partial charge in [-0.25, -0.2) is 0 Å². The molecule has 0 amide bonds. The Hall–Kier alpha value is -1.25. The fourth-order valence-corrected chi connectivity index (χ4v) is 11.3. The highest BCUT2D eigenvalue weighted by Gasteiger charge is 2.68. The number of Topliss-reactive ketones (excluding diaryl/α,β-unsaturated/α-hetero) is 1. The molecule has 0 aromatic carbocycles. The fraction of sp³-hybridized carbons (Fsp3) is 0.875. The van der Waals surface area contributed by atoms with Crippen LogP contribution in [0.2, 0.25) is 0 Å². The van der Waals surface area contributed by atoms with Crippen LogP contribution in [0.3, 0.4) is 0 Å². The Morgan fingerprint density at radius 1 is 0.745 bits per heavy atom. The first-order valence-electron chi connectivity index (χ1n) is 20.0. The number of carbonyl (C=O) groups excluding carboxylic acids is 1. The van der Waals surface area contributed by atoms with Gasteiger partial charge >= 0.3 is 0 Å². The number of ketones is 1. The highest BCUT2D eigenvalue weighted by molar-refractivity contribution is 5.79. The SMILES string of the molecule is C=C1C[C@@H]2CC[C@@]34C[C@@H]5O[C@H]6[C@@H](O3)C3OC(CCC3O[C@H]6C5O4)CC(=O)C[C@@H]3[C@@H](C)[C@@H](C[C@H](O)CO)O[C@H]3CC3O[C@@H](CCC1O2)C[C@@H](C)C3=C. The molecule has 11 heteroatoms. The highest BCUT2D eigenvalue weighted by atomic mass is 16.8. The number of carbonyl (C=O) groups is 1. The average molecular weight is 715 g/mol. The van der Waals surface area contributed by atoms with Gasteiger partial charge in [0.05, 0.1) is 67.6 Å². The van der Waals surface area contributed by atoms with E-state index in [4.69, 9.17) is 37.9 Å². The van der Waals surface area contributed by atoms with Crippen LogP contribution in [0.1, 0.15) is 97.3 Å². The zero-order chi connectivity index (χ0) is 35.2. The van der Waals surface area contributed by atoms with Gasteiger partial charge in [0.15, 0.2) is 5.79 Å². The summed E-state index contributed by atoms with van der Waals surface area (Å²) >= 11 is 0. The van der Waals surface area contributed by atoms with Gasteiger partial charge in [-0.2, -0.15) is 0 Å². The van der Waals surface area contributed by atoms with Crippen molar-refractivity contribution < 1.29 is 52.9 Å². The summed E-state index contributed by atoms with van der Waals surface area (Å²) in [7, 11) is 0. The van der Waals surface area contributed by atoms with Gasteiger partial charge in [0, 0.05) is 38.5 Å². The quantitative estimate of drug-likeness (QED) is 0.410. The van der Waals surface area contributed by atoms with E-state index in [0.29, 0.717) is 44.4 Å². The van der Waals surface area contributed by atoms with Crippen LogP contribution in [0.4, 0.5) is 0 Å². The second-order valence-electron chi connectivity index (χ2n) is 17.5. The number of aliphatic hydroxyl groups excluding tert-OH is 2. The lowest BCUT2D eigenvalue weighted by atomic mass is 9.79. The van der Waals surface area contributed by atoms with Crippen molar-refractivity contribution in [2.24, 2.45) is 17.8 Å². The Morgan fingerprint density at radius 2 is 1.49 bits per heavy atom.